The van der Waals surface area contributed by atoms with Crippen LogP contribution in [0.15, 0.2) is 41.0 Å². The first-order valence-corrected chi connectivity index (χ1v) is 9.38. The summed E-state index contributed by atoms with van der Waals surface area (Å²) in [5.41, 5.74) is 0.842. The maximum atomic E-state index is 12.8. The third-order valence-corrected chi connectivity index (χ3v) is 5.07. The van der Waals surface area contributed by atoms with E-state index >= 15 is 0 Å². The number of hydrogen-bond donors (Lipinski definition) is 1. The monoisotopic (exact) mass is 386 g/mol. The van der Waals surface area contributed by atoms with Gasteiger partial charge in [0.15, 0.2) is 5.76 Å². The number of likely N-dealkylation sites (tertiary alicyclic amines) is 1. The maximum absolute atomic E-state index is 12.8. The summed E-state index contributed by atoms with van der Waals surface area (Å²) in [5.74, 6) is 1.18. The predicted molar refractivity (Wildman–Crippen MR) is 103 cm³/mol. The Kier molecular flexibility index (Phi) is 6.23. The van der Waals surface area contributed by atoms with Gasteiger partial charge in [0.05, 0.1) is 32.4 Å². The molecule has 2 amide bonds. The Hall–Kier alpha value is -2.96. The number of ether oxygens (including phenoxy) is 2. The molecule has 1 aromatic heterocycles. The van der Waals surface area contributed by atoms with Gasteiger partial charge < -0.3 is 24.1 Å². The Morgan fingerprint density at radius 3 is 2.75 bits per heavy atom. The second kappa shape index (κ2) is 8.82. The quantitative estimate of drug-likeness (QED) is 0.825. The van der Waals surface area contributed by atoms with Crippen LogP contribution >= 0.6 is 0 Å². The largest absolute Gasteiger partial charge is 0.497 e. The van der Waals surface area contributed by atoms with E-state index in [2.05, 4.69) is 5.32 Å². The first-order chi connectivity index (χ1) is 13.5. The zero-order chi connectivity index (χ0) is 20.1. The molecule has 1 aliphatic heterocycles. The van der Waals surface area contributed by atoms with Crippen LogP contribution in [0.4, 0.5) is 0 Å². The molecule has 1 fully saturated rings. The molecule has 1 saturated heterocycles. The van der Waals surface area contributed by atoms with Crippen LogP contribution in [0.5, 0.6) is 11.5 Å². The zero-order valence-electron chi connectivity index (χ0n) is 16.4. The number of amides is 2. The highest BCUT2D eigenvalue weighted by Crippen LogP contribution is 2.30. The van der Waals surface area contributed by atoms with Gasteiger partial charge in [-0.15, -0.1) is 0 Å². The minimum Gasteiger partial charge on any atom is -0.497 e. The summed E-state index contributed by atoms with van der Waals surface area (Å²) < 4.78 is 15.9. The van der Waals surface area contributed by atoms with E-state index < -0.39 is 0 Å². The van der Waals surface area contributed by atoms with Crippen LogP contribution in [0.2, 0.25) is 0 Å². The van der Waals surface area contributed by atoms with Crippen LogP contribution < -0.4 is 14.8 Å². The number of piperidine rings is 1. The van der Waals surface area contributed by atoms with Crippen LogP contribution in [0.1, 0.15) is 41.9 Å². The molecule has 2 unspecified atom stereocenters. The molecule has 1 aromatic carbocycles. The minimum atomic E-state index is -0.258. The number of carbonyl (C=O) groups is 2. The van der Waals surface area contributed by atoms with E-state index in [-0.39, 0.29) is 23.8 Å². The lowest BCUT2D eigenvalue weighted by Crippen LogP contribution is -2.45. The van der Waals surface area contributed by atoms with Crippen molar-refractivity contribution in [3.8, 4) is 11.5 Å². The molecular formula is C21H26N2O5. The highest BCUT2D eigenvalue weighted by molar-refractivity contribution is 5.92. The molecule has 28 heavy (non-hydrogen) atoms. The Morgan fingerprint density at radius 1 is 1.25 bits per heavy atom. The number of carbonyl (C=O) groups excluding carboxylic acids is 2. The van der Waals surface area contributed by atoms with Crippen molar-refractivity contribution in [2.45, 2.75) is 25.8 Å². The lowest BCUT2D eigenvalue weighted by atomic mass is 9.96. The van der Waals surface area contributed by atoms with Gasteiger partial charge in [0, 0.05) is 18.7 Å². The first-order valence-electron chi connectivity index (χ1n) is 9.38. The number of rotatable bonds is 6. The molecule has 0 radical (unpaired) electrons. The van der Waals surface area contributed by atoms with Gasteiger partial charge in [0.1, 0.15) is 11.5 Å². The Morgan fingerprint density at radius 2 is 2.07 bits per heavy atom. The summed E-state index contributed by atoms with van der Waals surface area (Å²) in [7, 11) is 3.20. The fourth-order valence-electron chi connectivity index (χ4n) is 3.52. The van der Waals surface area contributed by atoms with E-state index in [1.807, 2.05) is 25.1 Å². The summed E-state index contributed by atoms with van der Waals surface area (Å²) >= 11 is 0. The fourth-order valence-corrected chi connectivity index (χ4v) is 3.52. The molecule has 150 valence electrons. The van der Waals surface area contributed by atoms with Crippen molar-refractivity contribution < 1.29 is 23.5 Å². The van der Waals surface area contributed by atoms with Crippen LogP contribution in [-0.2, 0) is 4.79 Å². The third kappa shape index (κ3) is 4.30. The Bertz CT molecular complexity index is 818. The van der Waals surface area contributed by atoms with Gasteiger partial charge in [-0.3, -0.25) is 9.59 Å². The van der Waals surface area contributed by atoms with Crippen LogP contribution in [-0.4, -0.2) is 44.0 Å². The molecule has 2 heterocycles. The average Bonchev–Trinajstić information content (AvgIpc) is 3.27. The van der Waals surface area contributed by atoms with Gasteiger partial charge in [0.25, 0.3) is 5.91 Å². The number of nitrogens with one attached hydrogen (secondary N) is 1. The lowest BCUT2D eigenvalue weighted by molar-refractivity contribution is -0.127. The maximum Gasteiger partial charge on any atom is 0.289 e. The molecule has 1 N–H and O–H groups in total. The average molecular weight is 386 g/mol. The summed E-state index contributed by atoms with van der Waals surface area (Å²) in [5, 5.41) is 3.05. The van der Waals surface area contributed by atoms with Crippen molar-refractivity contribution in [1.29, 1.82) is 0 Å². The summed E-state index contributed by atoms with van der Waals surface area (Å²) in [6.07, 6.45) is 3.00. The molecule has 3 rings (SSSR count). The van der Waals surface area contributed by atoms with Gasteiger partial charge >= 0.3 is 0 Å². The normalized spacial score (nSPS) is 17.7. The molecule has 2 aromatic rings. The van der Waals surface area contributed by atoms with Crippen molar-refractivity contribution >= 4 is 11.8 Å². The van der Waals surface area contributed by atoms with Crippen molar-refractivity contribution in [3.63, 3.8) is 0 Å². The van der Waals surface area contributed by atoms with Crippen LogP contribution in [0.25, 0.3) is 0 Å². The van der Waals surface area contributed by atoms with E-state index in [0.717, 1.165) is 18.4 Å². The molecule has 0 bridgehead atoms. The number of benzene rings is 1. The van der Waals surface area contributed by atoms with E-state index in [9.17, 15) is 9.59 Å². The molecule has 2 atom stereocenters. The number of hydrogen-bond acceptors (Lipinski definition) is 5. The molecule has 7 heteroatoms. The van der Waals surface area contributed by atoms with Crippen molar-refractivity contribution in [2.24, 2.45) is 5.92 Å². The van der Waals surface area contributed by atoms with Gasteiger partial charge in [-0.05, 0) is 50.1 Å². The Balaban J connectivity index is 1.66. The molecule has 0 saturated carbocycles. The minimum absolute atomic E-state index is 0.0747. The standard InChI is InChI=1S/C21H26N2O5/c1-14(17-12-16(26-2)8-9-18(17)27-3)22-20(24)15-6-4-10-23(13-15)21(25)19-7-5-11-28-19/h5,7-9,11-12,14-15H,4,6,10,13H2,1-3H3,(H,22,24). The van der Waals surface area contributed by atoms with E-state index in [0.29, 0.717) is 30.3 Å². The predicted octanol–water partition coefficient (Wildman–Crippen LogP) is 3.03. The molecular weight excluding hydrogens is 360 g/mol. The van der Waals surface area contributed by atoms with Gasteiger partial charge in [-0.25, -0.2) is 0 Å². The number of nitrogens with zero attached hydrogens (tertiary/aromatic N) is 1. The number of furan rings is 1. The van der Waals surface area contributed by atoms with Crippen molar-refractivity contribution in [3.05, 3.63) is 47.9 Å². The summed E-state index contributed by atoms with van der Waals surface area (Å²) in [4.78, 5) is 27.0. The van der Waals surface area contributed by atoms with Crippen LogP contribution in [0.3, 0.4) is 0 Å². The molecule has 7 nitrogen and oxygen atoms in total. The summed E-state index contributed by atoms with van der Waals surface area (Å²) in [6, 6.07) is 8.57. The molecule has 1 aliphatic rings. The topological polar surface area (TPSA) is 81.0 Å². The summed E-state index contributed by atoms with van der Waals surface area (Å²) in [6.45, 7) is 2.92. The fraction of sp³-hybridized carbons (Fsp3) is 0.429. The van der Waals surface area contributed by atoms with Gasteiger partial charge in [-0.1, -0.05) is 0 Å². The van der Waals surface area contributed by atoms with Crippen LogP contribution in [0, 0.1) is 5.92 Å². The zero-order valence-corrected chi connectivity index (χ0v) is 16.4. The SMILES string of the molecule is COc1ccc(OC)c(C(C)NC(=O)C2CCCN(C(=O)c3ccco3)C2)c1. The smallest absolute Gasteiger partial charge is 0.289 e. The first kappa shape index (κ1) is 19.8. The van der Waals surface area contributed by atoms with E-state index in [1.54, 1.807) is 31.3 Å². The molecule has 0 aliphatic carbocycles. The Labute approximate surface area is 164 Å². The van der Waals surface area contributed by atoms with Gasteiger partial charge in [-0.2, -0.15) is 0 Å². The van der Waals surface area contributed by atoms with E-state index in [1.165, 1.54) is 6.26 Å². The second-order valence-corrected chi connectivity index (χ2v) is 6.91. The highest BCUT2D eigenvalue weighted by atomic mass is 16.5. The van der Waals surface area contributed by atoms with Crippen molar-refractivity contribution in [2.75, 3.05) is 27.3 Å². The highest BCUT2D eigenvalue weighted by Gasteiger charge is 2.30. The molecule has 0 spiro atoms. The van der Waals surface area contributed by atoms with E-state index in [4.69, 9.17) is 13.9 Å². The lowest BCUT2D eigenvalue weighted by Gasteiger charge is -2.32. The second-order valence-electron chi connectivity index (χ2n) is 6.91. The number of methoxy groups -OCH3 is 2. The van der Waals surface area contributed by atoms with Crippen molar-refractivity contribution in [1.82, 2.24) is 10.2 Å². The third-order valence-electron chi connectivity index (χ3n) is 5.07. The van der Waals surface area contributed by atoms with Gasteiger partial charge in [0.2, 0.25) is 5.91 Å².